The zero-order valence-electron chi connectivity index (χ0n) is 10.5. The maximum atomic E-state index is 13.4. The molecule has 19 heavy (non-hydrogen) atoms. The number of hydrogen-bond donors (Lipinski definition) is 1. The van der Waals surface area contributed by atoms with Crippen LogP contribution >= 0.6 is 12.4 Å². The summed E-state index contributed by atoms with van der Waals surface area (Å²) >= 11 is 0. The SMILES string of the molecule is Cl.NCC1CN(C(=O)Cc2ccccc2F)CCO1. The Morgan fingerprint density at radius 1 is 1.47 bits per heavy atom. The summed E-state index contributed by atoms with van der Waals surface area (Å²) in [5.74, 6) is -0.420. The first-order valence-corrected chi connectivity index (χ1v) is 6.03. The van der Waals surface area contributed by atoms with E-state index in [1.807, 2.05) is 0 Å². The van der Waals surface area contributed by atoms with Gasteiger partial charge in [0.25, 0.3) is 0 Å². The highest BCUT2D eigenvalue weighted by Gasteiger charge is 2.23. The van der Waals surface area contributed by atoms with Crippen LogP contribution in [-0.4, -0.2) is 43.2 Å². The Balaban J connectivity index is 0.00000180. The zero-order chi connectivity index (χ0) is 13.0. The van der Waals surface area contributed by atoms with Gasteiger partial charge >= 0.3 is 0 Å². The van der Waals surface area contributed by atoms with E-state index in [-0.39, 0.29) is 36.7 Å². The third-order valence-electron chi connectivity index (χ3n) is 3.05. The average molecular weight is 289 g/mol. The van der Waals surface area contributed by atoms with Crippen LogP contribution in [0.4, 0.5) is 4.39 Å². The van der Waals surface area contributed by atoms with Gasteiger partial charge in [-0.1, -0.05) is 18.2 Å². The van der Waals surface area contributed by atoms with Crippen molar-refractivity contribution >= 4 is 18.3 Å². The van der Waals surface area contributed by atoms with Crippen molar-refractivity contribution in [1.29, 1.82) is 0 Å². The van der Waals surface area contributed by atoms with E-state index in [2.05, 4.69) is 0 Å². The summed E-state index contributed by atoms with van der Waals surface area (Å²) in [5, 5.41) is 0. The number of hydrogen-bond acceptors (Lipinski definition) is 3. The Morgan fingerprint density at radius 2 is 2.21 bits per heavy atom. The van der Waals surface area contributed by atoms with Gasteiger partial charge in [-0.05, 0) is 11.6 Å². The quantitative estimate of drug-likeness (QED) is 0.902. The van der Waals surface area contributed by atoms with E-state index < -0.39 is 0 Å². The maximum absolute atomic E-state index is 13.4. The number of nitrogens with zero attached hydrogens (tertiary/aromatic N) is 1. The molecule has 0 radical (unpaired) electrons. The van der Waals surface area contributed by atoms with Crippen molar-refractivity contribution in [2.24, 2.45) is 5.73 Å². The van der Waals surface area contributed by atoms with Crippen LogP contribution < -0.4 is 5.73 Å². The molecule has 1 aliphatic heterocycles. The molecule has 1 atom stereocenters. The Kier molecular flexibility index (Phi) is 6.21. The molecule has 106 valence electrons. The van der Waals surface area contributed by atoms with Crippen molar-refractivity contribution in [3.8, 4) is 0 Å². The number of benzene rings is 1. The number of carbonyl (C=O) groups excluding carboxylic acids is 1. The summed E-state index contributed by atoms with van der Waals surface area (Å²) in [6.07, 6.45) is -0.0208. The fourth-order valence-electron chi connectivity index (χ4n) is 2.00. The minimum atomic E-state index is -0.338. The first kappa shape index (κ1) is 15.9. The topological polar surface area (TPSA) is 55.6 Å². The number of halogens is 2. The van der Waals surface area contributed by atoms with Gasteiger partial charge in [-0.3, -0.25) is 4.79 Å². The summed E-state index contributed by atoms with van der Waals surface area (Å²) < 4.78 is 18.8. The third kappa shape index (κ3) is 4.16. The van der Waals surface area contributed by atoms with Crippen LogP contribution in [-0.2, 0) is 16.0 Å². The maximum Gasteiger partial charge on any atom is 0.227 e. The molecule has 0 spiro atoms. The molecule has 1 unspecified atom stereocenters. The number of rotatable bonds is 3. The van der Waals surface area contributed by atoms with E-state index in [9.17, 15) is 9.18 Å². The van der Waals surface area contributed by atoms with Gasteiger partial charge in [-0.15, -0.1) is 12.4 Å². The van der Waals surface area contributed by atoms with Crippen molar-refractivity contribution in [2.75, 3.05) is 26.2 Å². The summed E-state index contributed by atoms with van der Waals surface area (Å²) in [6, 6.07) is 6.34. The van der Waals surface area contributed by atoms with Crippen LogP contribution in [0.5, 0.6) is 0 Å². The van der Waals surface area contributed by atoms with Crippen LogP contribution in [0.3, 0.4) is 0 Å². The molecule has 6 heteroatoms. The molecule has 0 saturated carbocycles. The largest absolute Gasteiger partial charge is 0.373 e. The van der Waals surface area contributed by atoms with E-state index in [4.69, 9.17) is 10.5 Å². The highest BCUT2D eigenvalue weighted by Crippen LogP contribution is 2.11. The molecule has 4 nitrogen and oxygen atoms in total. The predicted octanol–water partition coefficient (Wildman–Crippen LogP) is 0.976. The second-order valence-corrected chi connectivity index (χ2v) is 4.34. The van der Waals surface area contributed by atoms with Crippen molar-refractivity contribution in [3.05, 3.63) is 35.6 Å². The second-order valence-electron chi connectivity index (χ2n) is 4.34. The second kappa shape index (κ2) is 7.43. The van der Waals surface area contributed by atoms with Crippen LogP contribution in [0, 0.1) is 5.82 Å². The lowest BCUT2D eigenvalue weighted by Gasteiger charge is -2.32. The number of carbonyl (C=O) groups is 1. The number of morpholine rings is 1. The number of nitrogens with two attached hydrogens (primary N) is 1. The zero-order valence-corrected chi connectivity index (χ0v) is 11.4. The van der Waals surface area contributed by atoms with Crippen LogP contribution in [0.25, 0.3) is 0 Å². The first-order chi connectivity index (χ1) is 8.70. The van der Waals surface area contributed by atoms with Gasteiger partial charge in [-0.2, -0.15) is 0 Å². The number of ether oxygens (including phenoxy) is 1. The average Bonchev–Trinajstić information content (AvgIpc) is 2.41. The fraction of sp³-hybridized carbons (Fsp3) is 0.462. The van der Waals surface area contributed by atoms with Crippen molar-refractivity contribution in [1.82, 2.24) is 4.90 Å². The molecule has 0 bridgehead atoms. The summed E-state index contributed by atoms with van der Waals surface area (Å²) in [4.78, 5) is 13.7. The highest BCUT2D eigenvalue weighted by molar-refractivity contribution is 5.85. The van der Waals surface area contributed by atoms with Gasteiger partial charge in [0, 0.05) is 19.6 Å². The van der Waals surface area contributed by atoms with Gasteiger partial charge in [0.15, 0.2) is 0 Å². The Bertz CT molecular complexity index is 431. The van der Waals surface area contributed by atoms with Crippen molar-refractivity contribution < 1.29 is 13.9 Å². The summed E-state index contributed by atoms with van der Waals surface area (Å²) in [6.45, 7) is 1.92. The molecular formula is C13H18ClFN2O2. The van der Waals surface area contributed by atoms with Crippen LogP contribution in [0.1, 0.15) is 5.56 Å². The molecule has 1 aromatic carbocycles. The molecule has 1 amide bonds. The van der Waals surface area contributed by atoms with Crippen LogP contribution in [0.2, 0.25) is 0 Å². The van der Waals surface area contributed by atoms with Gasteiger partial charge < -0.3 is 15.4 Å². The number of amides is 1. The molecule has 0 aromatic heterocycles. The highest BCUT2D eigenvalue weighted by atomic mass is 35.5. The van der Waals surface area contributed by atoms with Gasteiger partial charge in [0.1, 0.15) is 5.82 Å². The normalized spacial score (nSPS) is 18.8. The van der Waals surface area contributed by atoms with E-state index >= 15 is 0 Å². The molecule has 0 aliphatic carbocycles. The molecule has 1 fully saturated rings. The predicted molar refractivity (Wildman–Crippen MR) is 72.7 cm³/mol. The minimum absolute atomic E-state index is 0. The minimum Gasteiger partial charge on any atom is -0.373 e. The molecule has 2 N–H and O–H groups in total. The molecule has 1 saturated heterocycles. The molecule has 1 aliphatic rings. The Hall–Kier alpha value is -1.17. The lowest BCUT2D eigenvalue weighted by Crippen LogP contribution is -2.48. The smallest absolute Gasteiger partial charge is 0.227 e. The molecule has 1 aromatic rings. The van der Waals surface area contributed by atoms with Crippen LogP contribution in [0.15, 0.2) is 24.3 Å². The fourth-order valence-corrected chi connectivity index (χ4v) is 2.00. The van der Waals surface area contributed by atoms with Gasteiger partial charge in [0.05, 0.1) is 19.1 Å². The Morgan fingerprint density at radius 3 is 2.89 bits per heavy atom. The lowest BCUT2D eigenvalue weighted by atomic mass is 10.1. The molecule has 2 rings (SSSR count). The van der Waals surface area contributed by atoms with E-state index in [0.29, 0.717) is 31.8 Å². The monoisotopic (exact) mass is 288 g/mol. The summed E-state index contributed by atoms with van der Waals surface area (Å²) in [5.41, 5.74) is 5.95. The van der Waals surface area contributed by atoms with E-state index in [1.165, 1.54) is 6.07 Å². The van der Waals surface area contributed by atoms with Crippen molar-refractivity contribution in [2.45, 2.75) is 12.5 Å². The third-order valence-corrected chi connectivity index (χ3v) is 3.05. The van der Waals surface area contributed by atoms with E-state index in [1.54, 1.807) is 23.1 Å². The summed E-state index contributed by atoms with van der Waals surface area (Å²) in [7, 11) is 0. The van der Waals surface area contributed by atoms with Gasteiger partial charge in [-0.25, -0.2) is 4.39 Å². The molecular weight excluding hydrogens is 271 g/mol. The van der Waals surface area contributed by atoms with Gasteiger partial charge in [0.2, 0.25) is 5.91 Å². The molecule has 1 heterocycles. The standard InChI is InChI=1S/C13H17FN2O2.ClH/c14-12-4-2-1-3-10(12)7-13(17)16-5-6-18-11(8-15)9-16;/h1-4,11H,5-9,15H2;1H. The van der Waals surface area contributed by atoms with E-state index in [0.717, 1.165) is 0 Å². The van der Waals surface area contributed by atoms with Crippen molar-refractivity contribution in [3.63, 3.8) is 0 Å². The Labute approximate surface area is 118 Å². The lowest BCUT2D eigenvalue weighted by molar-refractivity contribution is -0.137. The first-order valence-electron chi connectivity index (χ1n) is 6.03.